The van der Waals surface area contributed by atoms with Crippen molar-refractivity contribution in [3.8, 4) is 11.1 Å². The number of carbonyl (C=O) groups is 2. The van der Waals surface area contributed by atoms with Gasteiger partial charge in [0.15, 0.2) is 5.69 Å². The molecule has 7 nitrogen and oxygen atoms in total. The van der Waals surface area contributed by atoms with Crippen LogP contribution in [0.1, 0.15) is 43.7 Å². The minimum atomic E-state index is -0.690. The standard InChI is InChI=1S/C27H28N2O5/c1-6-33-25(30)24-19(16-32-5)23-21(15-28-24)29(26(31)34-27(2,3)4)20-14-10-13-18(22(20)23)17-11-8-7-9-12-17/h7-15H,6,16H2,1-5H3. The van der Waals surface area contributed by atoms with E-state index < -0.39 is 17.7 Å². The van der Waals surface area contributed by atoms with Crippen molar-refractivity contribution < 1.29 is 23.8 Å². The zero-order valence-electron chi connectivity index (χ0n) is 20.0. The fourth-order valence-corrected chi connectivity index (χ4v) is 4.13. The first-order valence-corrected chi connectivity index (χ1v) is 11.2. The van der Waals surface area contributed by atoms with Crippen LogP contribution in [0.15, 0.2) is 54.7 Å². The molecule has 0 N–H and O–H groups in total. The number of nitrogens with zero attached hydrogens (tertiary/aromatic N) is 2. The first kappa shape index (κ1) is 23.4. The molecule has 34 heavy (non-hydrogen) atoms. The van der Waals surface area contributed by atoms with Crippen molar-refractivity contribution in [2.75, 3.05) is 13.7 Å². The van der Waals surface area contributed by atoms with Crippen molar-refractivity contribution in [3.05, 3.63) is 66.0 Å². The predicted molar refractivity (Wildman–Crippen MR) is 131 cm³/mol. The summed E-state index contributed by atoms with van der Waals surface area (Å²) in [7, 11) is 1.55. The molecule has 0 spiro atoms. The fraction of sp³-hybridized carbons (Fsp3) is 0.296. The average molecular weight is 461 g/mol. The van der Waals surface area contributed by atoms with Crippen LogP contribution in [0, 0.1) is 0 Å². The van der Waals surface area contributed by atoms with Gasteiger partial charge in [0.1, 0.15) is 5.60 Å². The molecule has 0 unspecified atom stereocenters. The molecule has 0 saturated heterocycles. The number of aromatic nitrogens is 2. The van der Waals surface area contributed by atoms with Gasteiger partial charge in [0.05, 0.1) is 30.4 Å². The molecule has 0 aliphatic heterocycles. The average Bonchev–Trinajstić information content (AvgIpc) is 3.14. The normalized spacial score (nSPS) is 11.7. The van der Waals surface area contributed by atoms with Gasteiger partial charge in [0, 0.05) is 23.4 Å². The molecule has 0 aliphatic rings. The first-order chi connectivity index (χ1) is 16.3. The maximum Gasteiger partial charge on any atom is 0.419 e. The van der Waals surface area contributed by atoms with Crippen molar-refractivity contribution in [1.82, 2.24) is 9.55 Å². The van der Waals surface area contributed by atoms with Crippen molar-refractivity contribution in [1.29, 1.82) is 0 Å². The van der Waals surface area contributed by atoms with Gasteiger partial charge in [0.2, 0.25) is 0 Å². The van der Waals surface area contributed by atoms with Gasteiger partial charge >= 0.3 is 12.1 Å². The lowest BCUT2D eigenvalue weighted by molar-refractivity contribution is 0.0513. The van der Waals surface area contributed by atoms with E-state index in [0.717, 1.165) is 16.5 Å². The van der Waals surface area contributed by atoms with Gasteiger partial charge in [-0.3, -0.25) is 0 Å². The third kappa shape index (κ3) is 4.26. The van der Waals surface area contributed by atoms with Gasteiger partial charge in [-0.25, -0.2) is 19.1 Å². The molecule has 4 rings (SSSR count). The zero-order chi connectivity index (χ0) is 24.5. The first-order valence-electron chi connectivity index (χ1n) is 11.2. The molecule has 7 heteroatoms. The molecule has 2 aromatic carbocycles. The Balaban J connectivity index is 2.16. The van der Waals surface area contributed by atoms with E-state index in [1.54, 1.807) is 14.0 Å². The van der Waals surface area contributed by atoms with E-state index in [2.05, 4.69) is 4.98 Å². The van der Waals surface area contributed by atoms with Crippen LogP contribution in [0.5, 0.6) is 0 Å². The lowest BCUT2D eigenvalue weighted by Gasteiger charge is -2.20. The quantitative estimate of drug-likeness (QED) is 0.342. The summed E-state index contributed by atoms with van der Waals surface area (Å²) in [4.78, 5) is 30.5. The summed E-state index contributed by atoms with van der Waals surface area (Å²) in [6.07, 6.45) is 1.01. The molecular formula is C27H28N2O5. The van der Waals surface area contributed by atoms with Crippen molar-refractivity contribution in [2.24, 2.45) is 0 Å². The van der Waals surface area contributed by atoms with Gasteiger partial charge in [-0.1, -0.05) is 42.5 Å². The van der Waals surface area contributed by atoms with E-state index in [9.17, 15) is 9.59 Å². The zero-order valence-corrected chi connectivity index (χ0v) is 20.0. The van der Waals surface area contributed by atoms with Crippen LogP contribution in [0.4, 0.5) is 4.79 Å². The van der Waals surface area contributed by atoms with Crippen LogP contribution >= 0.6 is 0 Å². The number of hydrogen-bond donors (Lipinski definition) is 0. The van der Waals surface area contributed by atoms with Gasteiger partial charge in [-0.2, -0.15) is 0 Å². The molecule has 176 valence electrons. The Labute approximate surface area is 198 Å². The Morgan fingerprint density at radius 1 is 0.971 bits per heavy atom. The highest BCUT2D eigenvalue weighted by Crippen LogP contribution is 2.39. The lowest BCUT2D eigenvalue weighted by atomic mass is 9.97. The fourth-order valence-electron chi connectivity index (χ4n) is 4.13. The minimum absolute atomic E-state index is 0.120. The maximum atomic E-state index is 13.4. The molecule has 0 amide bonds. The van der Waals surface area contributed by atoms with E-state index in [4.69, 9.17) is 14.2 Å². The molecule has 0 saturated carbocycles. The number of methoxy groups -OCH3 is 1. The summed E-state index contributed by atoms with van der Waals surface area (Å²) in [5, 5.41) is 1.52. The highest BCUT2D eigenvalue weighted by molar-refractivity contribution is 6.20. The number of rotatable bonds is 5. The van der Waals surface area contributed by atoms with Crippen LogP contribution in [-0.2, 0) is 20.8 Å². The molecule has 0 fully saturated rings. The summed E-state index contributed by atoms with van der Waals surface area (Å²) < 4.78 is 18.0. The van der Waals surface area contributed by atoms with Crippen molar-refractivity contribution in [3.63, 3.8) is 0 Å². The van der Waals surface area contributed by atoms with Crippen LogP contribution < -0.4 is 0 Å². The number of ether oxygens (including phenoxy) is 3. The van der Waals surface area contributed by atoms with Crippen LogP contribution in [-0.4, -0.2) is 40.9 Å². The molecule has 0 aliphatic carbocycles. The van der Waals surface area contributed by atoms with Crippen LogP contribution in [0.2, 0.25) is 0 Å². The molecule has 0 bridgehead atoms. The molecule has 4 aromatic rings. The maximum absolute atomic E-state index is 13.4. The monoisotopic (exact) mass is 460 g/mol. The molecule has 0 radical (unpaired) electrons. The topological polar surface area (TPSA) is 79.7 Å². The summed E-state index contributed by atoms with van der Waals surface area (Å²) in [5.74, 6) is -0.535. The second-order valence-corrected chi connectivity index (χ2v) is 8.88. The summed E-state index contributed by atoms with van der Waals surface area (Å²) in [5.41, 5.74) is 3.14. The van der Waals surface area contributed by atoms with Crippen molar-refractivity contribution >= 4 is 33.9 Å². The number of fused-ring (bicyclic) bond motifs is 3. The second kappa shape index (κ2) is 9.27. The molecule has 2 heterocycles. The van der Waals surface area contributed by atoms with E-state index in [0.29, 0.717) is 22.0 Å². The second-order valence-electron chi connectivity index (χ2n) is 8.88. The van der Waals surface area contributed by atoms with E-state index >= 15 is 0 Å². The Hall–Kier alpha value is -3.71. The predicted octanol–water partition coefficient (Wildman–Crippen LogP) is 5.96. The number of benzene rings is 2. The smallest absolute Gasteiger partial charge is 0.419 e. The van der Waals surface area contributed by atoms with Crippen LogP contribution in [0.3, 0.4) is 0 Å². The van der Waals surface area contributed by atoms with E-state index in [-0.39, 0.29) is 18.9 Å². The summed E-state index contributed by atoms with van der Waals surface area (Å²) in [6, 6.07) is 15.7. The Kier molecular flexibility index (Phi) is 6.39. The molecular weight excluding hydrogens is 432 g/mol. The Morgan fingerprint density at radius 2 is 1.71 bits per heavy atom. The molecule has 0 atom stereocenters. The number of carbonyl (C=O) groups excluding carboxylic acids is 2. The lowest BCUT2D eigenvalue weighted by Crippen LogP contribution is -2.27. The summed E-state index contributed by atoms with van der Waals surface area (Å²) in [6.45, 7) is 7.55. The van der Waals surface area contributed by atoms with Gasteiger partial charge in [0.25, 0.3) is 0 Å². The largest absolute Gasteiger partial charge is 0.461 e. The molecule has 2 aromatic heterocycles. The Morgan fingerprint density at radius 3 is 2.35 bits per heavy atom. The van der Waals surface area contributed by atoms with Crippen molar-refractivity contribution in [2.45, 2.75) is 39.9 Å². The Bertz CT molecular complexity index is 1370. The number of pyridine rings is 1. The van der Waals surface area contributed by atoms with Crippen LogP contribution in [0.25, 0.3) is 32.9 Å². The summed E-state index contributed by atoms with van der Waals surface area (Å²) >= 11 is 0. The van der Waals surface area contributed by atoms with E-state index in [1.807, 2.05) is 69.3 Å². The van der Waals surface area contributed by atoms with Gasteiger partial charge < -0.3 is 14.2 Å². The van der Waals surface area contributed by atoms with Gasteiger partial charge in [-0.05, 0) is 44.9 Å². The SMILES string of the molecule is CCOC(=O)c1ncc2c(c1COC)c1c(-c3ccccc3)cccc1n2C(=O)OC(C)(C)C. The third-order valence-corrected chi connectivity index (χ3v) is 5.35. The number of esters is 1. The highest BCUT2D eigenvalue weighted by Gasteiger charge is 2.28. The third-order valence-electron chi connectivity index (χ3n) is 5.35. The highest BCUT2D eigenvalue weighted by atomic mass is 16.6. The van der Waals surface area contributed by atoms with Gasteiger partial charge in [-0.15, -0.1) is 0 Å². The number of hydrogen-bond acceptors (Lipinski definition) is 6. The van der Waals surface area contributed by atoms with E-state index in [1.165, 1.54) is 10.8 Å². The minimum Gasteiger partial charge on any atom is -0.461 e.